The Hall–Kier alpha value is -0.900. The maximum Gasteiger partial charge on any atom is 0.0659 e. The molecule has 0 amide bonds. The first-order valence-electron chi connectivity index (χ1n) is 7.27. The Balaban J connectivity index is 2.00. The summed E-state index contributed by atoms with van der Waals surface area (Å²) in [6.07, 6.45) is 1.21. The van der Waals surface area contributed by atoms with Gasteiger partial charge in [-0.25, -0.2) is 0 Å². The first-order chi connectivity index (χ1) is 9.19. The fourth-order valence-corrected chi connectivity index (χ4v) is 2.85. The summed E-state index contributed by atoms with van der Waals surface area (Å²) in [5.41, 5.74) is 7.41. The minimum absolute atomic E-state index is 0.0282. The number of likely N-dealkylation sites (tertiary alicyclic amines) is 1. The molecule has 19 heavy (non-hydrogen) atoms. The van der Waals surface area contributed by atoms with E-state index in [1.54, 1.807) is 0 Å². The molecule has 0 radical (unpaired) electrons. The molecule has 0 aliphatic carbocycles. The Labute approximate surface area is 116 Å². The second-order valence-corrected chi connectivity index (χ2v) is 5.68. The molecule has 2 atom stereocenters. The van der Waals surface area contributed by atoms with Crippen LogP contribution in [0, 0.1) is 0 Å². The summed E-state index contributed by atoms with van der Waals surface area (Å²) in [6.45, 7) is 8.58. The fourth-order valence-electron chi connectivity index (χ4n) is 2.85. The van der Waals surface area contributed by atoms with Crippen molar-refractivity contribution < 1.29 is 4.74 Å². The van der Waals surface area contributed by atoms with E-state index in [2.05, 4.69) is 42.2 Å². The summed E-state index contributed by atoms with van der Waals surface area (Å²) in [4.78, 5) is 2.50. The van der Waals surface area contributed by atoms with Gasteiger partial charge < -0.3 is 10.5 Å². The second kappa shape index (κ2) is 6.51. The molecule has 2 unspecified atom stereocenters. The predicted octanol–water partition coefficient (Wildman–Crippen LogP) is 2.23. The molecule has 1 saturated heterocycles. The van der Waals surface area contributed by atoms with Crippen molar-refractivity contribution in [3.8, 4) is 0 Å². The van der Waals surface area contributed by atoms with Crippen LogP contribution in [0.4, 0.5) is 0 Å². The molecule has 1 aliphatic rings. The van der Waals surface area contributed by atoms with Gasteiger partial charge in [0, 0.05) is 19.7 Å². The van der Waals surface area contributed by atoms with Crippen LogP contribution in [0.3, 0.4) is 0 Å². The lowest BCUT2D eigenvalue weighted by Gasteiger charge is -2.37. The first-order valence-corrected chi connectivity index (χ1v) is 7.27. The van der Waals surface area contributed by atoms with Crippen LogP contribution >= 0.6 is 0 Å². The van der Waals surface area contributed by atoms with Crippen LogP contribution in [-0.2, 0) is 4.74 Å². The van der Waals surface area contributed by atoms with Crippen LogP contribution in [0.25, 0.3) is 0 Å². The molecule has 3 nitrogen and oxygen atoms in total. The van der Waals surface area contributed by atoms with Gasteiger partial charge in [-0.1, -0.05) is 30.3 Å². The molecule has 1 aliphatic heterocycles. The fraction of sp³-hybridized carbons (Fsp3) is 0.625. The quantitative estimate of drug-likeness (QED) is 0.854. The third-order valence-corrected chi connectivity index (χ3v) is 4.28. The second-order valence-electron chi connectivity index (χ2n) is 5.68. The molecule has 2 rings (SSSR count). The van der Waals surface area contributed by atoms with E-state index in [1.807, 2.05) is 6.92 Å². The monoisotopic (exact) mass is 262 g/mol. The van der Waals surface area contributed by atoms with Gasteiger partial charge in [0.1, 0.15) is 0 Å². The largest absolute Gasteiger partial charge is 0.380 e. The van der Waals surface area contributed by atoms with Crippen LogP contribution < -0.4 is 5.73 Å². The molecular formula is C16H26N2O. The van der Waals surface area contributed by atoms with Gasteiger partial charge in [0.05, 0.1) is 12.1 Å². The highest BCUT2D eigenvalue weighted by Crippen LogP contribution is 2.31. The van der Waals surface area contributed by atoms with Crippen molar-refractivity contribution in [2.24, 2.45) is 5.73 Å². The zero-order valence-corrected chi connectivity index (χ0v) is 12.1. The molecule has 106 valence electrons. The Morgan fingerprint density at radius 2 is 2.11 bits per heavy atom. The van der Waals surface area contributed by atoms with E-state index in [-0.39, 0.29) is 5.54 Å². The molecule has 1 heterocycles. The number of hydrogen-bond donors (Lipinski definition) is 1. The lowest BCUT2D eigenvalue weighted by Crippen LogP contribution is -2.53. The van der Waals surface area contributed by atoms with Crippen LogP contribution in [0.15, 0.2) is 30.3 Å². The molecule has 2 N–H and O–H groups in total. The number of hydrogen-bond acceptors (Lipinski definition) is 3. The van der Waals surface area contributed by atoms with Gasteiger partial charge in [-0.15, -0.1) is 0 Å². The normalized spacial score (nSPS) is 23.4. The van der Waals surface area contributed by atoms with E-state index < -0.39 is 0 Å². The van der Waals surface area contributed by atoms with E-state index in [4.69, 9.17) is 10.5 Å². The van der Waals surface area contributed by atoms with Gasteiger partial charge in [-0.3, -0.25) is 4.90 Å². The Morgan fingerprint density at radius 3 is 2.74 bits per heavy atom. The van der Waals surface area contributed by atoms with Crippen LogP contribution in [0.2, 0.25) is 0 Å². The standard InChI is InChI=1S/C16H26N2O/c1-3-19-13-16(2,12-17)18-10-9-15(11-18)14-7-5-4-6-8-14/h4-8,15H,3,9-13,17H2,1-2H3. The minimum Gasteiger partial charge on any atom is -0.380 e. The molecular weight excluding hydrogens is 236 g/mol. The summed E-state index contributed by atoms with van der Waals surface area (Å²) < 4.78 is 5.62. The topological polar surface area (TPSA) is 38.5 Å². The number of nitrogens with two attached hydrogens (primary N) is 1. The summed E-state index contributed by atoms with van der Waals surface area (Å²) in [7, 11) is 0. The third kappa shape index (κ3) is 3.35. The van der Waals surface area contributed by atoms with Crippen molar-refractivity contribution in [3.05, 3.63) is 35.9 Å². The minimum atomic E-state index is -0.0282. The Morgan fingerprint density at radius 1 is 1.37 bits per heavy atom. The van der Waals surface area contributed by atoms with Crippen molar-refractivity contribution >= 4 is 0 Å². The van der Waals surface area contributed by atoms with Gasteiger partial charge in [-0.2, -0.15) is 0 Å². The summed E-state index contributed by atoms with van der Waals surface area (Å²) >= 11 is 0. The summed E-state index contributed by atoms with van der Waals surface area (Å²) in [5.74, 6) is 0.633. The van der Waals surface area contributed by atoms with Crippen molar-refractivity contribution in [1.82, 2.24) is 4.90 Å². The van der Waals surface area contributed by atoms with Crippen LogP contribution in [-0.4, -0.2) is 43.3 Å². The van der Waals surface area contributed by atoms with Gasteiger partial charge in [0.15, 0.2) is 0 Å². The van der Waals surface area contributed by atoms with E-state index in [9.17, 15) is 0 Å². The molecule has 3 heteroatoms. The number of ether oxygens (including phenoxy) is 1. The van der Waals surface area contributed by atoms with Gasteiger partial charge >= 0.3 is 0 Å². The van der Waals surface area contributed by atoms with Crippen molar-refractivity contribution in [3.63, 3.8) is 0 Å². The molecule has 0 aromatic heterocycles. The molecule has 1 aromatic rings. The highest BCUT2D eigenvalue weighted by atomic mass is 16.5. The van der Waals surface area contributed by atoms with E-state index in [1.165, 1.54) is 12.0 Å². The lowest BCUT2D eigenvalue weighted by atomic mass is 9.98. The molecule has 0 saturated carbocycles. The SMILES string of the molecule is CCOCC(C)(CN)N1CCC(c2ccccc2)C1. The number of rotatable bonds is 6. The molecule has 0 spiro atoms. The van der Waals surface area contributed by atoms with Crippen molar-refractivity contribution in [2.75, 3.05) is 32.8 Å². The average molecular weight is 262 g/mol. The van der Waals surface area contributed by atoms with Crippen molar-refractivity contribution in [2.45, 2.75) is 31.7 Å². The molecule has 0 bridgehead atoms. The van der Waals surface area contributed by atoms with E-state index >= 15 is 0 Å². The van der Waals surface area contributed by atoms with Gasteiger partial charge in [0.2, 0.25) is 0 Å². The number of nitrogens with zero attached hydrogens (tertiary/aromatic N) is 1. The number of benzene rings is 1. The molecule has 1 aromatic carbocycles. The van der Waals surface area contributed by atoms with Crippen LogP contribution in [0.1, 0.15) is 31.7 Å². The zero-order valence-electron chi connectivity index (χ0n) is 12.1. The Bertz CT molecular complexity index is 382. The van der Waals surface area contributed by atoms with E-state index in [0.29, 0.717) is 12.5 Å². The van der Waals surface area contributed by atoms with Crippen molar-refractivity contribution in [1.29, 1.82) is 0 Å². The lowest BCUT2D eigenvalue weighted by molar-refractivity contribution is 0.0221. The first kappa shape index (κ1) is 14.5. The zero-order chi connectivity index (χ0) is 13.7. The highest BCUT2D eigenvalue weighted by Gasteiger charge is 2.36. The maximum absolute atomic E-state index is 5.99. The highest BCUT2D eigenvalue weighted by molar-refractivity contribution is 5.21. The Kier molecular flexibility index (Phi) is 4.97. The smallest absolute Gasteiger partial charge is 0.0659 e. The third-order valence-electron chi connectivity index (χ3n) is 4.28. The molecule has 1 fully saturated rings. The summed E-state index contributed by atoms with van der Waals surface area (Å²) in [5, 5.41) is 0. The van der Waals surface area contributed by atoms with Gasteiger partial charge in [-0.05, 0) is 38.3 Å². The predicted molar refractivity (Wildman–Crippen MR) is 79.3 cm³/mol. The van der Waals surface area contributed by atoms with E-state index in [0.717, 1.165) is 26.3 Å². The summed E-state index contributed by atoms with van der Waals surface area (Å²) in [6, 6.07) is 10.8. The maximum atomic E-state index is 5.99. The average Bonchev–Trinajstić information content (AvgIpc) is 2.96. The van der Waals surface area contributed by atoms with Gasteiger partial charge in [0.25, 0.3) is 0 Å². The van der Waals surface area contributed by atoms with Crippen LogP contribution in [0.5, 0.6) is 0 Å².